The van der Waals surface area contributed by atoms with Crippen molar-refractivity contribution in [2.24, 2.45) is 0 Å². The van der Waals surface area contributed by atoms with E-state index in [2.05, 4.69) is 30.4 Å². The molecule has 0 unspecified atom stereocenters. The first-order valence-corrected chi connectivity index (χ1v) is 12.0. The predicted molar refractivity (Wildman–Crippen MR) is 126 cm³/mol. The molecular formula is C22H23N7OS2. The average molecular weight is 466 g/mol. The summed E-state index contributed by atoms with van der Waals surface area (Å²) >= 11 is 2.96. The van der Waals surface area contributed by atoms with Crippen molar-refractivity contribution in [3.05, 3.63) is 58.7 Å². The minimum absolute atomic E-state index is 0.111. The fourth-order valence-corrected chi connectivity index (χ4v) is 4.55. The molecule has 164 valence electrons. The van der Waals surface area contributed by atoms with Crippen LogP contribution in [0.25, 0.3) is 5.78 Å². The molecular weight excluding hydrogens is 442 g/mol. The molecule has 0 saturated heterocycles. The molecule has 1 N–H and O–H groups in total. The summed E-state index contributed by atoms with van der Waals surface area (Å²) in [5.41, 5.74) is 5.12. The lowest BCUT2D eigenvalue weighted by atomic mass is 10.1. The maximum Gasteiger partial charge on any atom is 0.253 e. The van der Waals surface area contributed by atoms with E-state index in [1.165, 1.54) is 23.5 Å². The van der Waals surface area contributed by atoms with Crippen molar-refractivity contribution in [2.45, 2.75) is 49.3 Å². The maximum atomic E-state index is 12.7. The van der Waals surface area contributed by atoms with Gasteiger partial charge >= 0.3 is 0 Å². The van der Waals surface area contributed by atoms with Crippen LogP contribution in [0, 0.1) is 27.7 Å². The number of hydrogen-bond acceptors (Lipinski definition) is 8. The Kier molecular flexibility index (Phi) is 6.43. The van der Waals surface area contributed by atoms with Crippen molar-refractivity contribution in [3.63, 3.8) is 0 Å². The molecule has 0 aliphatic carbocycles. The third-order valence-electron chi connectivity index (χ3n) is 4.86. The van der Waals surface area contributed by atoms with Crippen LogP contribution in [0.3, 0.4) is 0 Å². The van der Waals surface area contributed by atoms with Crippen molar-refractivity contribution in [1.82, 2.24) is 29.5 Å². The van der Waals surface area contributed by atoms with Crippen LogP contribution in [0.5, 0.6) is 0 Å². The van der Waals surface area contributed by atoms with Gasteiger partial charge in [0.15, 0.2) is 5.16 Å². The van der Waals surface area contributed by atoms with Gasteiger partial charge in [-0.3, -0.25) is 4.79 Å². The zero-order chi connectivity index (χ0) is 22.8. The molecule has 0 saturated carbocycles. The molecule has 4 aromatic rings. The fraction of sp³-hybridized carbons (Fsp3) is 0.273. The quantitative estimate of drug-likeness (QED) is 0.334. The number of anilines is 1. The third kappa shape index (κ3) is 4.91. The summed E-state index contributed by atoms with van der Waals surface area (Å²) in [7, 11) is 0. The van der Waals surface area contributed by atoms with E-state index in [-0.39, 0.29) is 12.3 Å². The van der Waals surface area contributed by atoms with Gasteiger partial charge in [-0.2, -0.15) is 4.98 Å². The highest BCUT2D eigenvalue weighted by atomic mass is 32.2. The van der Waals surface area contributed by atoms with Crippen LogP contribution in [0.1, 0.15) is 28.3 Å². The number of aromatic nitrogens is 6. The Labute approximate surface area is 194 Å². The smallest absolute Gasteiger partial charge is 0.253 e. The van der Waals surface area contributed by atoms with E-state index in [4.69, 9.17) is 0 Å². The van der Waals surface area contributed by atoms with Crippen LogP contribution in [-0.4, -0.2) is 41.7 Å². The molecule has 1 amide bonds. The van der Waals surface area contributed by atoms with Crippen molar-refractivity contribution < 1.29 is 4.79 Å². The molecule has 0 radical (unpaired) electrons. The van der Waals surface area contributed by atoms with Gasteiger partial charge in [0.05, 0.1) is 6.42 Å². The number of hydrogen-bond donors (Lipinski definition) is 1. The van der Waals surface area contributed by atoms with E-state index in [0.717, 1.165) is 38.9 Å². The Morgan fingerprint density at radius 1 is 0.969 bits per heavy atom. The maximum absolute atomic E-state index is 12.7. The second-order valence-electron chi connectivity index (χ2n) is 7.36. The first-order chi connectivity index (χ1) is 15.3. The molecule has 10 heteroatoms. The van der Waals surface area contributed by atoms with E-state index >= 15 is 0 Å². The van der Waals surface area contributed by atoms with Crippen LogP contribution in [-0.2, 0) is 11.2 Å². The van der Waals surface area contributed by atoms with E-state index in [1.807, 2.05) is 64.3 Å². The molecule has 0 aliphatic heterocycles. The van der Waals surface area contributed by atoms with E-state index in [0.29, 0.717) is 16.1 Å². The summed E-state index contributed by atoms with van der Waals surface area (Å²) < 4.78 is 1.70. The Bertz CT molecular complexity index is 1280. The molecule has 3 heterocycles. The monoisotopic (exact) mass is 465 g/mol. The zero-order valence-corrected chi connectivity index (χ0v) is 20.1. The number of nitrogens with zero attached hydrogens (tertiary/aromatic N) is 6. The number of rotatable bonds is 6. The summed E-state index contributed by atoms with van der Waals surface area (Å²) in [5.74, 6) is 0.440. The second-order valence-corrected chi connectivity index (χ2v) is 9.17. The second kappa shape index (κ2) is 9.25. The molecule has 3 aromatic heterocycles. The number of carbonyl (C=O) groups excluding carboxylic acids is 1. The van der Waals surface area contributed by atoms with Gasteiger partial charge in [-0.25, -0.2) is 19.5 Å². The largest absolute Gasteiger partial charge is 0.326 e. The van der Waals surface area contributed by atoms with Crippen molar-refractivity contribution in [1.29, 1.82) is 0 Å². The van der Waals surface area contributed by atoms with Gasteiger partial charge in [0.1, 0.15) is 0 Å². The number of nitrogens with one attached hydrogen (secondary N) is 1. The minimum atomic E-state index is -0.111. The van der Waals surface area contributed by atoms with Crippen molar-refractivity contribution >= 4 is 40.9 Å². The molecule has 4 rings (SSSR count). The lowest BCUT2D eigenvalue weighted by molar-refractivity contribution is -0.115. The Hall–Kier alpha value is -2.98. The number of fused-ring (bicyclic) bond motifs is 1. The summed E-state index contributed by atoms with van der Waals surface area (Å²) in [5, 5.41) is 8.77. The average Bonchev–Trinajstić information content (AvgIpc) is 3.15. The Morgan fingerprint density at radius 2 is 1.66 bits per heavy atom. The van der Waals surface area contributed by atoms with Crippen molar-refractivity contribution in [2.75, 3.05) is 11.6 Å². The normalized spacial score (nSPS) is 11.2. The fourth-order valence-electron chi connectivity index (χ4n) is 3.35. The summed E-state index contributed by atoms with van der Waals surface area (Å²) in [6, 6.07) is 9.61. The molecule has 0 spiro atoms. The van der Waals surface area contributed by atoms with E-state index in [9.17, 15) is 4.79 Å². The number of carbonyl (C=O) groups is 1. The van der Waals surface area contributed by atoms with Gasteiger partial charge in [-0.15, -0.1) is 5.10 Å². The van der Waals surface area contributed by atoms with Crippen LogP contribution in [0.4, 0.5) is 5.69 Å². The lowest BCUT2D eigenvalue weighted by Gasteiger charge is -2.11. The molecule has 0 atom stereocenters. The third-order valence-corrected chi connectivity index (χ3v) is 6.27. The highest BCUT2D eigenvalue weighted by Crippen LogP contribution is 2.26. The molecule has 32 heavy (non-hydrogen) atoms. The first-order valence-electron chi connectivity index (χ1n) is 9.99. The topological polar surface area (TPSA) is 98.0 Å². The zero-order valence-electron chi connectivity index (χ0n) is 18.5. The van der Waals surface area contributed by atoms with Gasteiger partial charge in [-0.1, -0.05) is 11.8 Å². The van der Waals surface area contributed by atoms with Crippen LogP contribution in [0.2, 0.25) is 0 Å². The van der Waals surface area contributed by atoms with Crippen LogP contribution < -0.4 is 5.32 Å². The van der Waals surface area contributed by atoms with Gasteiger partial charge in [0.2, 0.25) is 11.1 Å². The highest BCUT2D eigenvalue weighted by Gasteiger charge is 2.16. The van der Waals surface area contributed by atoms with E-state index in [1.54, 1.807) is 4.52 Å². The van der Waals surface area contributed by atoms with Gasteiger partial charge in [0, 0.05) is 38.9 Å². The number of thioether (sulfide) groups is 1. The Morgan fingerprint density at radius 3 is 2.31 bits per heavy atom. The van der Waals surface area contributed by atoms with Gasteiger partial charge < -0.3 is 5.32 Å². The minimum Gasteiger partial charge on any atom is -0.326 e. The van der Waals surface area contributed by atoms with Gasteiger partial charge in [0.25, 0.3) is 5.78 Å². The van der Waals surface area contributed by atoms with Crippen LogP contribution in [0.15, 0.2) is 45.5 Å². The SMILES string of the molecule is CSc1nc2nc(C)c(CC(=O)Nc3ccc(Sc4nc(C)cc(C)n4)cc3)c(C)n2n1. The Balaban J connectivity index is 1.45. The van der Waals surface area contributed by atoms with Crippen molar-refractivity contribution in [3.8, 4) is 0 Å². The predicted octanol–water partition coefficient (Wildman–Crippen LogP) is 4.20. The molecule has 0 bridgehead atoms. The number of benzene rings is 1. The first kappa shape index (κ1) is 22.2. The molecule has 1 aromatic carbocycles. The lowest BCUT2D eigenvalue weighted by Crippen LogP contribution is -2.17. The summed E-state index contributed by atoms with van der Waals surface area (Å²) in [4.78, 5) is 31.5. The molecule has 0 aliphatic rings. The summed E-state index contributed by atoms with van der Waals surface area (Å²) in [6.45, 7) is 7.74. The standard InChI is InChI=1S/C22H23N7OS2/c1-12-10-13(2)24-21(23-12)32-17-8-6-16(7-9-17)26-19(30)11-18-14(3)25-20-27-22(31-5)28-29(20)15(18)4/h6-10H,11H2,1-5H3,(H,26,30). The number of amides is 1. The summed E-state index contributed by atoms with van der Waals surface area (Å²) in [6.07, 6.45) is 2.13. The molecule has 8 nitrogen and oxygen atoms in total. The van der Waals surface area contributed by atoms with Crippen LogP contribution >= 0.6 is 23.5 Å². The van der Waals surface area contributed by atoms with Gasteiger partial charge in [-0.05, 0) is 76.0 Å². The highest BCUT2D eigenvalue weighted by molar-refractivity contribution is 7.99. The molecule has 0 fully saturated rings. The van der Waals surface area contributed by atoms with E-state index < -0.39 is 0 Å². The number of aryl methyl sites for hydroxylation is 4.